The molecule has 30 heavy (non-hydrogen) atoms. The number of aliphatic hydroxyl groups is 1. The summed E-state index contributed by atoms with van der Waals surface area (Å²) in [5, 5.41) is 12.7. The monoisotopic (exact) mass is 427 g/mol. The van der Waals surface area contributed by atoms with Crippen LogP contribution in [0.1, 0.15) is 25.0 Å². The van der Waals surface area contributed by atoms with Gasteiger partial charge >= 0.3 is 0 Å². The van der Waals surface area contributed by atoms with Crippen molar-refractivity contribution in [2.45, 2.75) is 30.9 Å². The molecule has 156 valence electrons. The molecule has 6 nitrogen and oxygen atoms in total. The minimum atomic E-state index is -4.08. The van der Waals surface area contributed by atoms with E-state index in [1.54, 1.807) is 25.2 Å². The Morgan fingerprint density at radius 1 is 1.23 bits per heavy atom. The summed E-state index contributed by atoms with van der Waals surface area (Å²) in [5.74, 6) is 4.83. The van der Waals surface area contributed by atoms with Gasteiger partial charge in [-0.1, -0.05) is 24.0 Å². The maximum Gasteiger partial charge on any atom is 0.269 e. The fourth-order valence-electron chi connectivity index (χ4n) is 2.83. The molecule has 0 bridgehead atoms. The predicted octanol–water partition coefficient (Wildman–Crippen LogP) is 2.77. The average Bonchev–Trinajstić information content (AvgIpc) is 3.11. The fourth-order valence-corrected chi connectivity index (χ4v) is 4.21. The van der Waals surface area contributed by atoms with Crippen LogP contribution in [0, 0.1) is 17.7 Å². The number of rotatable bonds is 5. The molecule has 3 aromatic rings. The summed E-state index contributed by atoms with van der Waals surface area (Å²) in [5.41, 5.74) is 0.189. The van der Waals surface area contributed by atoms with Crippen molar-refractivity contribution in [3.05, 3.63) is 71.9 Å². The lowest BCUT2D eigenvalue weighted by Crippen LogP contribution is -2.15. The molecule has 0 amide bonds. The van der Waals surface area contributed by atoms with Crippen LogP contribution in [0.15, 0.2) is 59.9 Å². The van der Waals surface area contributed by atoms with Gasteiger partial charge < -0.3 is 10.4 Å². The molecular formula is C22H22FN3O3S. The second-order valence-electron chi connectivity index (χ2n) is 7.26. The lowest BCUT2D eigenvalue weighted by Gasteiger charge is -2.11. The third-order valence-corrected chi connectivity index (χ3v) is 5.80. The van der Waals surface area contributed by atoms with Crippen molar-refractivity contribution in [3.63, 3.8) is 0 Å². The van der Waals surface area contributed by atoms with Crippen molar-refractivity contribution < 1.29 is 17.9 Å². The summed E-state index contributed by atoms with van der Waals surface area (Å²) >= 11 is 0. The highest BCUT2D eigenvalue weighted by Crippen LogP contribution is 2.29. The van der Waals surface area contributed by atoms with Gasteiger partial charge in [-0.3, -0.25) is 4.98 Å². The molecule has 0 saturated heterocycles. The number of hydrogen-bond donors (Lipinski definition) is 2. The van der Waals surface area contributed by atoms with E-state index in [2.05, 4.69) is 22.1 Å². The van der Waals surface area contributed by atoms with Gasteiger partial charge in [0.1, 0.15) is 16.3 Å². The fraction of sp³-hybridized carbons (Fsp3) is 0.227. The molecule has 2 N–H and O–H groups in total. The number of nitrogens with zero attached hydrogens (tertiary/aromatic N) is 2. The van der Waals surface area contributed by atoms with E-state index in [1.165, 1.54) is 50.6 Å². The molecule has 1 aromatic carbocycles. The lowest BCUT2D eigenvalue weighted by atomic mass is 10.1. The Bertz CT molecular complexity index is 1230. The Labute approximate surface area is 175 Å². The van der Waals surface area contributed by atoms with Crippen molar-refractivity contribution in [1.82, 2.24) is 14.3 Å². The van der Waals surface area contributed by atoms with Gasteiger partial charge in [0.2, 0.25) is 0 Å². The normalized spacial score (nSPS) is 11.8. The van der Waals surface area contributed by atoms with Gasteiger partial charge in [-0.2, -0.15) is 0 Å². The van der Waals surface area contributed by atoms with Crippen molar-refractivity contribution in [3.8, 4) is 23.1 Å². The first-order valence-corrected chi connectivity index (χ1v) is 10.6. The van der Waals surface area contributed by atoms with E-state index in [-0.39, 0.29) is 16.2 Å². The summed E-state index contributed by atoms with van der Waals surface area (Å²) in [7, 11) is -2.34. The molecule has 0 aliphatic carbocycles. The van der Waals surface area contributed by atoms with Gasteiger partial charge in [-0.05, 0) is 50.7 Å². The van der Waals surface area contributed by atoms with Crippen molar-refractivity contribution in [1.29, 1.82) is 0 Å². The minimum Gasteiger partial charge on any atom is -0.378 e. The zero-order chi connectivity index (χ0) is 21.9. The molecule has 0 aliphatic rings. The molecule has 2 aromatic heterocycles. The maximum atomic E-state index is 14.4. The Kier molecular flexibility index (Phi) is 6.08. The van der Waals surface area contributed by atoms with Gasteiger partial charge in [0.15, 0.2) is 0 Å². The number of aromatic nitrogens is 2. The highest BCUT2D eigenvalue weighted by molar-refractivity contribution is 7.90. The molecule has 0 fully saturated rings. The van der Waals surface area contributed by atoms with Crippen LogP contribution in [-0.2, 0) is 16.6 Å². The summed E-state index contributed by atoms with van der Waals surface area (Å²) in [6.45, 7) is 3.47. The maximum absolute atomic E-state index is 14.4. The van der Waals surface area contributed by atoms with Crippen LogP contribution in [0.3, 0.4) is 0 Å². The summed E-state index contributed by atoms with van der Waals surface area (Å²) in [6.07, 6.45) is 4.09. The van der Waals surface area contributed by atoms with E-state index in [0.29, 0.717) is 17.7 Å². The largest absolute Gasteiger partial charge is 0.378 e. The van der Waals surface area contributed by atoms with Crippen molar-refractivity contribution >= 4 is 10.0 Å². The molecular weight excluding hydrogens is 405 g/mol. The van der Waals surface area contributed by atoms with Crippen LogP contribution in [0.2, 0.25) is 0 Å². The Morgan fingerprint density at radius 2 is 1.97 bits per heavy atom. The minimum absolute atomic E-state index is 0.0887. The van der Waals surface area contributed by atoms with Crippen molar-refractivity contribution in [2.24, 2.45) is 0 Å². The molecule has 3 rings (SSSR count). The predicted molar refractivity (Wildman–Crippen MR) is 113 cm³/mol. The molecule has 0 spiro atoms. The van der Waals surface area contributed by atoms with E-state index in [0.717, 1.165) is 3.97 Å². The Balaban J connectivity index is 2.15. The third kappa shape index (κ3) is 4.76. The van der Waals surface area contributed by atoms with Crippen LogP contribution < -0.4 is 5.32 Å². The van der Waals surface area contributed by atoms with Crippen LogP contribution >= 0.6 is 0 Å². The van der Waals surface area contributed by atoms with Gasteiger partial charge in [0.05, 0.1) is 5.69 Å². The summed E-state index contributed by atoms with van der Waals surface area (Å²) in [6, 6.07) is 9.02. The zero-order valence-electron chi connectivity index (χ0n) is 16.8. The van der Waals surface area contributed by atoms with Gasteiger partial charge in [-0.25, -0.2) is 16.8 Å². The van der Waals surface area contributed by atoms with Gasteiger partial charge in [0, 0.05) is 36.3 Å². The highest BCUT2D eigenvalue weighted by Gasteiger charge is 2.24. The number of nitrogens with one attached hydrogen (secondary N) is 1. The smallest absolute Gasteiger partial charge is 0.269 e. The first-order chi connectivity index (χ1) is 14.1. The second kappa shape index (κ2) is 8.40. The van der Waals surface area contributed by atoms with Crippen LogP contribution in [-0.4, -0.2) is 35.1 Å². The van der Waals surface area contributed by atoms with Crippen LogP contribution in [0.4, 0.5) is 4.39 Å². The molecule has 0 unspecified atom stereocenters. The van der Waals surface area contributed by atoms with E-state index in [4.69, 9.17) is 0 Å². The average molecular weight is 428 g/mol. The molecule has 0 aliphatic heterocycles. The molecule has 0 atom stereocenters. The number of hydrogen-bond acceptors (Lipinski definition) is 5. The highest BCUT2D eigenvalue weighted by atomic mass is 32.2. The van der Waals surface area contributed by atoms with Crippen LogP contribution in [0.5, 0.6) is 0 Å². The zero-order valence-corrected chi connectivity index (χ0v) is 17.7. The Morgan fingerprint density at radius 3 is 2.63 bits per heavy atom. The standard InChI is InChI=1S/C22H22FN3O3S/c1-22(2,27)9-8-16-10-18(14-25-13-16)30(28,29)26-15-17(12-24-3)11-21(26)19-6-4-5-7-20(19)23/h4-7,10-11,13-15,24,27H,12H2,1-3H3. The first kappa shape index (κ1) is 21.7. The second-order valence-corrected chi connectivity index (χ2v) is 9.08. The van der Waals surface area contributed by atoms with E-state index >= 15 is 0 Å². The lowest BCUT2D eigenvalue weighted by molar-refractivity contribution is 0.143. The number of benzene rings is 1. The number of halogens is 1. The summed E-state index contributed by atoms with van der Waals surface area (Å²) < 4.78 is 42.3. The molecule has 8 heteroatoms. The third-order valence-electron chi connectivity index (χ3n) is 4.16. The van der Waals surface area contributed by atoms with E-state index < -0.39 is 21.4 Å². The molecule has 0 saturated carbocycles. The van der Waals surface area contributed by atoms with Crippen LogP contribution in [0.25, 0.3) is 11.3 Å². The van der Waals surface area contributed by atoms with Crippen molar-refractivity contribution in [2.75, 3.05) is 7.05 Å². The van der Waals surface area contributed by atoms with Gasteiger partial charge in [-0.15, -0.1) is 0 Å². The SMILES string of the molecule is CNCc1cc(-c2ccccc2F)n(S(=O)(=O)c2cncc(C#CC(C)(C)O)c2)c1. The topological polar surface area (TPSA) is 84.2 Å². The molecule has 2 heterocycles. The first-order valence-electron chi connectivity index (χ1n) is 9.19. The summed E-state index contributed by atoms with van der Waals surface area (Å²) in [4.78, 5) is 3.89. The molecule has 0 radical (unpaired) electrons. The Hall–Kier alpha value is -2.99. The van der Waals surface area contributed by atoms with E-state index in [1.807, 2.05) is 0 Å². The van der Waals surface area contributed by atoms with E-state index in [9.17, 15) is 17.9 Å². The number of pyridine rings is 1. The van der Waals surface area contributed by atoms with Gasteiger partial charge in [0.25, 0.3) is 10.0 Å². The quantitative estimate of drug-likeness (QED) is 0.612.